The molecule has 4 saturated carbocycles. The third kappa shape index (κ3) is 6.66. The topological polar surface area (TPSA) is 83.5 Å². The van der Waals surface area contributed by atoms with E-state index < -0.39 is 45.7 Å². The van der Waals surface area contributed by atoms with Gasteiger partial charge in [-0.1, -0.05) is 32.9 Å². The third-order valence-corrected chi connectivity index (χ3v) is 12.4. The molecule has 0 amide bonds. The van der Waals surface area contributed by atoms with Gasteiger partial charge in [0.15, 0.2) is 15.0 Å². The van der Waals surface area contributed by atoms with Crippen LogP contribution in [0.4, 0.5) is 17.6 Å². The summed E-state index contributed by atoms with van der Waals surface area (Å²) in [4.78, 5) is 14.0. The van der Waals surface area contributed by atoms with Crippen LogP contribution in [-0.4, -0.2) is 48.2 Å². The standard InChI is InChI=1S/C15H20F4O5S.C14H21S/c16-14(17,15(18,19)25(21,22)23)1-2-24-12(20)13-6-9-3-10(7-13)5-11(4-9)8-13;1-14(2,3)12-6-8-13(9-7-12)15-10-4-5-11-15/h9-11H,1-8H2,(H,21,22,23);6-9H,4-5,10-11H2,1-3H3/q;+1/p-1. The maximum absolute atomic E-state index is 13.4. The minimum Gasteiger partial charge on any atom is -0.743 e. The monoisotopic (exact) mass is 608 g/mol. The summed E-state index contributed by atoms with van der Waals surface area (Å²) in [6.45, 7) is 5.78. The Balaban J connectivity index is 0.000000210. The molecule has 11 heteroatoms. The van der Waals surface area contributed by atoms with Crippen LogP contribution in [0.1, 0.15) is 84.1 Å². The van der Waals surface area contributed by atoms with Crippen molar-refractivity contribution in [2.75, 3.05) is 18.1 Å². The summed E-state index contributed by atoms with van der Waals surface area (Å²) in [6.07, 6.45) is 6.18. The maximum Gasteiger partial charge on any atom is 0.396 e. The van der Waals surface area contributed by atoms with Crippen molar-refractivity contribution in [3.8, 4) is 0 Å². The van der Waals surface area contributed by atoms with Gasteiger partial charge in [0, 0.05) is 10.9 Å². The van der Waals surface area contributed by atoms with E-state index in [0.29, 0.717) is 47.9 Å². The van der Waals surface area contributed by atoms with Crippen LogP contribution in [0.3, 0.4) is 0 Å². The number of esters is 1. The third-order valence-electron chi connectivity index (χ3n) is 8.95. The molecule has 226 valence electrons. The maximum atomic E-state index is 13.4. The molecule has 1 aromatic rings. The first-order chi connectivity index (χ1) is 18.4. The number of alkyl halides is 4. The molecule has 5 nitrogen and oxygen atoms in total. The Morgan fingerprint density at radius 1 is 0.950 bits per heavy atom. The van der Waals surface area contributed by atoms with E-state index >= 15 is 0 Å². The molecular weight excluding hydrogens is 568 g/mol. The smallest absolute Gasteiger partial charge is 0.396 e. The van der Waals surface area contributed by atoms with E-state index in [1.165, 1.54) is 29.9 Å². The van der Waals surface area contributed by atoms with Gasteiger partial charge in [0.1, 0.15) is 11.5 Å². The van der Waals surface area contributed by atoms with Gasteiger partial charge in [-0.2, -0.15) is 17.6 Å². The Kier molecular flexibility index (Phi) is 9.00. The van der Waals surface area contributed by atoms with E-state index in [4.69, 9.17) is 4.74 Å². The second-order valence-electron chi connectivity index (χ2n) is 13.1. The Morgan fingerprint density at radius 3 is 1.85 bits per heavy atom. The van der Waals surface area contributed by atoms with Gasteiger partial charge >= 0.3 is 17.1 Å². The van der Waals surface area contributed by atoms with Crippen LogP contribution >= 0.6 is 0 Å². The molecule has 5 fully saturated rings. The predicted molar refractivity (Wildman–Crippen MR) is 146 cm³/mol. The second kappa shape index (κ2) is 11.4. The first-order valence-corrected chi connectivity index (χ1v) is 17.1. The summed E-state index contributed by atoms with van der Waals surface area (Å²) in [5.41, 5.74) is 1.02. The zero-order chi connectivity index (χ0) is 29.6. The van der Waals surface area contributed by atoms with Gasteiger partial charge in [-0.15, -0.1) is 0 Å². The molecule has 1 aromatic carbocycles. The zero-order valence-electron chi connectivity index (χ0n) is 23.4. The zero-order valence-corrected chi connectivity index (χ0v) is 25.0. The lowest BCUT2D eigenvalue weighted by Gasteiger charge is -2.55. The van der Waals surface area contributed by atoms with Gasteiger partial charge in [0.05, 0.1) is 18.4 Å². The molecule has 40 heavy (non-hydrogen) atoms. The van der Waals surface area contributed by atoms with Crippen molar-refractivity contribution in [3.63, 3.8) is 0 Å². The largest absolute Gasteiger partial charge is 0.743 e. The highest BCUT2D eigenvalue weighted by Gasteiger charge is 2.61. The van der Waals surface area contributed by atoms with E-state index in [0.717, 1.165) is 19.3 Å². The molecule has 0 spiro atoms. The minimum atomic E-state index is -6.52. The number of benzene rings is 1. The SMILES string of the molecule is CC(C)(C)c1ccc([S+]2CCCC2)cc1.O=C(OCCC(F)(F)C(F)(F)S(=O)(=O)[O-])C12CC3CC(CC(C3)C1)C2. The van der Waals surface area contributed by atoms with Crippen molar-refractivity contribution in [2.24, 2.45) is 23.2 Å². The lowest BCUT2D eigenvalue weighted by molar-refractivity contribution is -0.185. The van der Waals surface area contributed by atoms with Crippen LogP contribution in [0, 0.1) is 23.2 Å². The predicted octanol–water partition coefficient (Wildman–Crippen LogP) is 6.66. The molecule has 1 aliphatic heterocycles. The molecule has 0 atom stereocenters. The van der Waals surface area contributed by atoms with Crippen LogP contribution in [0.15, 0.2) is 29.2 Å². The highest BCUT2D eigenvalue weighted by Crippen LogP contribution is 2.60. The van der Waals surface area contributed by atoms with Gasteiger partial charge in [0.25, 0.3) is 0 Å². The number of hydrogen-bond acceptors (Lipinski definition) is 5. The van der Waals surface area contributed by atoms with Crippen molar-refractivity contribution in [1.82, 2.24) is 0 Å². The highest BCUT2D eigenvalue weighted by molar-refractivity contribution is 7.97. The van der Waals surface area contributed by atoms with Crippen LogP contribution < -0.4 is 0 Å². The Labute approximate surface area is 237 Å². The van der Waals surface area contributed by atoms with Crippen LogP contribution in [0.2, 0.25) is 0 Å². The minimum absolute atomic E-state index is 0.289. The van der Waals surface area contributed by atoms with E-state index in [-0.39, 0.29) is 5.41 Å². The summed E-state index contributed by atoms with van der Waals surface area (Å²) >= 11 is 0. The fourth-order valence-electron chi connectivity index (χ4n) is 7.15. The fraction of sp³-hybridized carbons (Fsp3) is 0.759. The van der Waals surface area contributed by atoms with Crippen LogP contribution in [0.5, 0.6) is 0 Å². The summed E-state index contributed by atoms with van der Waals surface area (Å²) < 4.78 is 88.7. The number of carbonyl (C=O) groups excluding carboxylic acids is 1. The highest BCUT2D eigenvalue weighted by atomic mass is 32.2. The summed E-state index contributed by atoms with van der Waals surface area (Å²) in [7, 11) is -5.95. The van der Waals surface area contributed by atoms with Gasteiger partial charge in [-0.05, 0) is 92.2 Å². The van der Waals surface area contributed by atoms with E-state index in [1.54, 1.807) is 4.90 Å². The number of rotatable bonds is 7. The van der Waals surface area contributed by atoms with Gasteiger partial charge in [0.2, 0.25) is 0 Å². The normalized spacial score (nSPS) is 28.8. The Bertz CT molecular complexity index is 1120. The van der Waals surface area contributed by atoms with E-state index in [1.807, 2.05) is 0 Å². The number of ether oxygens (including phenoxy) is 1. The van der Waals surface area contributed by atoms with Gasteiger partial charge in [-0.25, -0.2) is 8.42 Å². The first kappa shape index (κ1) is 31.6. The number of halogens is 4. The summed E-state index contributed by atoms with van der Waals surface area (Å²) in [5, 5.41) is -5.74. The van der Waals surface area contributed by atoms with E-state index in [2.05, 4.69) is 45.0 Å². The van der Waals surface area contributed by atoms with Crippen molar-refractivity contribution < 1.29 is 40.1 Å². The molecule has 0 radical (unpaired) electrons. The number of hydrogen-bond donors (Lipinski definition) is 0. The quantitative estimate of drug-likeness (QED) is 0.150. The Morgan fingerprint density at radius 2 is 1.43 bits per heavy atom. The molecule has 5 aliphatic rings. The van der Waals surface area contributed by atoms with E-state index in [9.17, 15) is 35.3 Å². The van der Waals surface area contributed by atoms with Gasteiger partial charge in [-0.3, -0.25) is 4.79 Å². The molecule has 4 aliphatic carbocycles. The molecule has 0 unspecified atom stereocenters. The van der Waals surface area contributed by atoms with Crippen LogP contribution in [-0.2, 0) is 36.0 Å². The van der Waals surface area contributed by atoms with Crippen molar-refractivity contribution >= 4 is 27.0 Å². The molecule has 0 N–H and O–H groups in total. The van der Waals surface area contributed by atoms with Crippen LogP contribution in [0.25, 0.3) is 0 Å². The second-order valence-corrected chi connectivity index (χ2v) is 16.8. The van der Waals surface area contributed by atoms with Crippen molar-refractivity contribution in [3.05, 3.63) is 29.8 Å². The van der Waals surface area contributed by atoms with Crippen molar-refractivity contribution in [2.45, 2.75) is 100 Å². The fourth-order valence-corrected chi connectivity index (χ4v) is 9.92. The molecule has 0 aromatic heterocycles. The van der Waals surface area contributed by atoms with Gasteiger partial charge < -0.3 is 9.29 Å². The first-order valence-electron chi connectivity index (χ1n) is 14.1. The lowest BCUT2D eigenvalue weighted by atomic mass is 9.49. The molecular formula is C29H40F4O5S2. The molecule has 4 bridgehead atoms. The lowest BCUT2D eigenvalue weighted by Crippen LogP contribution is -2.51. The summed E-state index contributed by atoms with van der Waals surface area (Å²) in [6, 6.07) is 9.35. The van der Waals surface area contributed by atoms with Crippen molar-refractivity contribution in [1.29, 1.82) is 0 Å². The summed E-state index contributed by atoms with van der Waals surface area (Å²) in [5.74, 6) is -1.68. The average molecular weight is 609 g/mol. The molecule has 1 saturated heterocycles. The Hall–Kier alpha value is -1.33. The number of carbonyl (C=O) groups is 1. The molecule has 6 rings (SSSR count). The molecule has 1 heterocycles. The average Bonchev–Trinajstić information content (AvgIpc) is 3.37.